The highest BCUT2D eigenvalue weighted by Crippen LogP contribution is 2.28. The van der Waals surface area contributed by atoms with Crippen LogP contribution in [0.4, 0.5) is 9.59 Å². The average Bonchev–Trinajstić information content (AvgIpc) is 3.09. The first-order chi connectivity index (χ1) is 15.9. The van der Waals surface area contributed by atoms with Crippen LogP contribution in [-0.2, 0) is 19.3 Å². The minimum atomic E-state index is -3.56. The Bertz CT molecular complexity index is 995. The summed E-state index contributed by atoms with van der Waals surface area (Å²) in [4.78, 5) is 27.4. The Hall–Kier alpha value is -2.75. The van der Waals surface area contributed by atoms with E-state index in [1.54, 1.807) is 17.0 Å². The predicted octanol–water partition coefficient (Wildman–Crippen LogP) is 3.49. The van der Waals surface area contributed by atoms with E-state index < -0.39 is 26.8 Å². The molecule has 0 spiro atoms. The van der Waals surface area contributed by atoms with E-state index in [0.717, 1.165) is 6.42 Å². The van der Waals surface area contributed by atoms with Crippen molar-refractivity contribution in [1.29, 1.82) is 0 Å². The van der Waals surface area contributed by atoms with Crippen molar-refractivity contribution in [3.8, 4) is 5.75 Å². The van der Waals surface area contributed by atoms with Gasteiger partial charge in [0.25, 0.3) is 0 Å². The van der Waals surface area contributed by atoms with Gasteiger partial charge in [0.15, 0.2) is 9.84 Å². The molecule has 188 valence electrons. The molecule has 0 bridgehead atoms. The van der Waals surface area contributed by atoms with Crippen molar-refractivity contribution < 1.29 is 32.2 Å². The Labute approximate surface area is 201 Å². The summed E-state index contributed by atoms with van der Waals surface area (Å²) in [7, 11) is -3.56. The highest BCUT2D eigenvalue weighted by Gasteiger charge is 2.41. The van der Waals surface area contributed by atoms with Gasteiger partial charge in [-0.15, -0.1) is 0 Å². The third-order valence-corrected chi connectivity index (χ3v) is 7.90. The van der Waals surface area contributed by atoms with E-state index in [4.69, 9.17) is 14.2 Å². The molecule has 2 amide bonds. The number of carbonyl (C=O) groups is 2. The van der Waals surface area contributed by atoms with Crippen molar-refractivity contribution in [3.05, 3.63) is 36.9 Å². The van der Waals surface area contributed by atoms with Crippen molar-refractivity contribution in [3.63, 3.8) is 0 Å². The van der Waals surface area contributed by atoms with Crippen molar-refractivity contribution in [2.24, 2.45) is 5.92 Å². The number of hydrogen-bond donors (Lipinski definition) is 0. The fourth-order valence-corrected chi connectivity index (χ4v) is 5.63. The molecule has 0 radical (unpaired) electrons. The summed E-state index contributed by atoms with van der Waals surface area (Å²) in [6.07, 6.45) is 1.40. The van der Waals surface area contributed by atoms with E-state index in [0.29, 0.717) is 18.9 Å². The van der Waals surface area contributed by atoms with E-state index in [9.17, 15) is 18.0 Å². The number of carbonyl (C=O) groups excluding carboxylic acids is 2. The lowest BCUT2D eigenvalue weighted by Crippen LogP contribution is -2.56. The normalized spacial score (nSPS) is 21.1. The summed E-state index contributed by atoms with van der Waals surface area (Å²) in [6, 6.07) is 6.37. The topological polar surface area (TPSA) is 102 Å². The van der Waals surface area contributed by atoms with Crippen LogP contribution in [-0.4, -0.2) is 80.1 Å². The standard InChI is InChI=1S/C24H34N2O7S/c1-6-11-31-22(27)25-14-21(15-25)34(29,30)20-9-7-19(8-10-20)32-16-18-12-17(2)26(13-18)23(28)33-24(3,4)5/h6-10,17-18,21H,1,11-16H2,2-5H3. The molecule has 2 heterocycles. The first-order valence-electron chi connectivity index (χ1n) is 11.4. The van der Waals surface area contributed by atoms with Gasteiger partial charge in [-0.25, -0.2) is 18.0 Å². The molecule has 0 N–H and O–H groups in total. The van der Waals surface area contributed by atoms with Gasteiger partial charge in [-0.05, 0) is 58.4 Å². The second kappa shape index (κ2) is 10.2. The van der Waals surface area contributed by atoms with Gasteiger partial charge in [0.2, 0.25) is 0 Å². The van der Waals surface area contributed by atoms with Crippen LogP contribution >= 0.6 is 0 Å². The summed E-state index contributed by atoms with van der Waals surface area (Å²) >= 11 is 0. The quantitative estimate of drug-likeness (QED) is 0.535. The van der Waals surface area contributed by atoms with Gasteiger partial charge in [-0.1, -0.05) is 12.7 Å². The van der Waals surface area contributed by atoms with Crippen molar-refractivity contribution >= 4 is 22.0 Å². The second-order valence-electron chi connectivity index (χ2n) is 9.80. The Morgan fingerprint density at radius 2 is 1.76 bits per heavy atom. The number of hydrogen-bond acceptors (Lipinski definition) is 7. The zero-order chi connectivity index (χ0) is 25.1. The minimum absolute atomic E-state index is 0.0621. The lowest BCUT2D eigenvalue weighted by Gasteiger charge is -2.37. The van der Waals surface area contributed by atoms with Gasteiger partial charge in [-0.2, -0.15) is 0 Å². The molecule has 2 saturated heterocycles. The van der Waals surface area contributed by atoms with Crippen LogP contribution in [0, 0.1) is 5.92 Å². The van der Waals surface area contributed by atoms with E-state index in [2.05, 4.69) is 6.58 Å². The van der Waals surface area contributed by atoms with Crippen molar-refractivity contribution in [1.82, 2.24) is 9.80 Å². The molecule has 0 aromatic heterocycles. The Kier molecular flexibility index (Phi) is 7.80. The van der Waals surface area contributed by atoms with E-state index in [-0.39, 0.29) is 42.6 Å². The number of likely N-dealkylation sites (tertiary alicyclic amines) is 2. The summed E-state index contributed by atoms with van der Waals surface area (Å²) in [5.41, 5.74) is -0.542. The fraction of sp³-hybridized carbons (Fsp3) is 0.583. The molecular weight excluding hydrogens is 460 g/mol. The maximum absolute atomic E-state index is 12.8. The number of benzene rings is 1. The molecule has 1 aromatic rings. The highest BCUT2D eigenvalue weighted by atomic mass is 32.2. The summed E-state index contributed by atoms with van der Waals surface area (Å²) < 4.78 is 41.9. The number of sulfone groups is 1. The SMILES string of the molecule is C=CCOC(=O)N1CC(S(=O)(=O)c2ccc(OCC3CC(C)N(C(=O)OC(C)(C)C)C3)cc2)C1. The van der Waals surface area contributed by atoms with E-state index in [1.807, 2.05) is 27.7 Å². The molecular formula is C24H34N2O7S. The highest BCUT2D eigenvalue weighted by molar-refractivity contribution is 7.92. The van der Waals surface area contributed by atoms with Gasteiger partial charge in [0, 0.05) is 31.6 Å². The lowest BCUT2D eigenvalue weighted by molar-refractivity contribution is 0.0231. The van der Waals surface area contributed by atoms with Crippen LogP contribution in [0.15, 0.2) is 41.8 Å². The molecule has 1 aromatic carbocycles. The third-order valence-electron chi connectivity index (χ3n) is 5.80. The molecule has 10 heteroatoms. The van der Waals surface area contributed by atoms with Crippen LogP contribution < -0.4 is 4.74 Å². The van der Waals surface area contributed by atoms with Crippen molar-refractivity contribution in [2.45, 2.75) is 55.9 Å². The van der Waals surface area contributed by atoms with Gasteiger partial charge >= 0.3 is 12.2 Å². The molecule has 0 saturated carbocycles. The molecule has 3 rings (SSSR count). The summed E-state index contributed by atoms with van der Waals surface area (Å²) in [5.74, 6) is 0.721. The summed E-state index contributed by atoms with van der Waals surface area (Å²) in [5, 5.41) is -0.658. The smallest absolute Gasteiger partial charge is 0.410 e. The fourth-order valence-electron chi connectivity index (χ4n) is 3.98. The number of nitrogens with zero attached hydrogens (tertiary/aromatic N) is 2. The van der Waals surface area contributed by atoms with Crippen LogP contribution in [0.25, 0.3) is 0 Å². The maximum atomic E-state index is 12.8. The van der Waals surface area contributed by atoms with Gasteiger partial charge < -0.3 is 24.0 Å². The molecule has 2 fully saturated rings. The molecule has 2 atom stereocenters. The zero-order valence-corrected chi connectivity index (χ0v) is 21.0. The van der Waals surface area contributed by atoms with Crippen LogP contribution in [0.2, 0.25) is 0 Å². The number of ether oxygens (including phenoxy) is 3. The molecule has 0 aliphatic carbocycles. The van der Waals surface area contributed by atoms with Crippen LogP contribution in [0.5, 0.6) is 5.75 Å². The largest absolute Gasteiger partial charge is 0.493 e. The van der Waals surface area contributed by atoms with Crippen LogP contribution in [0.1, 0.15) is 34.1 Å². The van der Waals surface area contributed by atoms with Gasteiger partial charge in [-0.3, -0.25) is 0 Å². The molecule has 9 nitrogen and oxygen atoms in total. The molecule has 2 aliphatic heterocycles. The molecule has 34 heavy (non-hydrogen) atoms. The first kappa shape index (κ1) is 25.9. The Balaban J connectivity index is 1.49. The van der Waals surface area contributed by atoms with E-state index >= 15 is 0 Å². The first-order valence-corrected chi connectivity index (χ1v) is 12.9. The number of rotatable bonds is 7. The Morgan fingerprint density at radius 1 is 1.12 bits per heavy atom. The Morgan fingerprint density at radius 3 is 2.35 bits per heavy atom. The molecule has 2 aliphatic rings. The van der Waals surface area contributed by atoms with Crippen molar-refractivity contribution in [2.75, 3.05) is 32.8 Å². The van der Waals surface area contributed by atoms with Gasteiger partial charge in [0.05, 0.1) is 11.5 Å². The monoisotopic (exact) mass is 494 g/mol. The van der Waals surface area contributed by atoms with Crippen LogP contribution in [0.3, 0.4) is 0 Å². The second-order valence-corrected chi connectivity index (χ2v) is 12.0. The summed E-state index contributed by atoms with van der Waals surface area (Å²) in [6.45, 7) is 12.3. The lowest BCUT2D eigenvalue weighted by atomic mass is 10.1. The maximum Gasteiger partial charge on any atom is 0.410 e. The predicted molar refractivity (Wildman–Crippen MR) is 127 cm³/mol. The number of amides is 2. The average molecular weight is 495 g/mol. The van der Waals surface area contributed by atoms with Gasteiger partial charge in [0.1, 0.15) is 23.2 Å². The molecule has 2 unspecified atom stereocenters. The van der Waals surface area contributed by atoms with E-state index in [1.165, 1.54) is 23.1 Å². The minimum Gasteiger partial charge on any atom is -0.493 e. The third kappa shape index (κ3) is 6.22. The zero-order valence-electron chi connectivity index (χ0n) is 20.2.